The fourth-order valence-electron chi connectivity index (χ4n) is 1.60. The number of hydrogen-bond donors (Lipinski definition) is 1. The summed E-state index contributed by atoms with van der Waals surface area (Å²) in [4.78, 5) is 20.9. The molecule has 9 heteroatoms. The van der Waals surface area contributed by atoms with E-state index in [9.17, 15) is 14.9 Å². The van der Waals surface area contributed by atoms with Crippen LogP contribution in [-0.2, 0) is 6.54 Å². The number of halogens is 1. The average molecular weight is 356 g/mol. The van der Waals surface area contributed by atoms with Crippen molar-refractivity contribution in [3.8, 4) is 5.75 Å². The zero-order valence-corrected chi connectivity index (χ0v) is 12.2. The second-order valence-electron chi connectivity index (χ2n) is 4.00. The predicted molar refractivity (Wildman–Crippen MR) is 75.5 cm³/mol. The second-order valence-corrected chi connectivity index (χ2v) is 4.86. The fraction of sp³-hybridized carbons (Fsp3) is 0.167. The highest BCUT2D eigenvalue weighted by Crippen LogP contribution is 2.22. The van der Waals surface area contributed by atoms with Gasteiger partial charge in [-0.1, -0.05) is 6.07 Å². The third-order valence-corrected chi connectivity index (χ3v) is 3.10. The summed E-state index contributed by atoms with van der Waals surface area (Å²) in [6, 6.07) is 6.08. The van der Waals surface area contributed by atoms with Crippen molar-refractivity contribution >= 4 is 27.7 Å². The summed E-state index contributed by atoms with van der Waals surface area (Å²) in [6.07, 6.45) is 1.48. The quantitative estimate of drug-likeness (QED) is 0.629. The molecule has 0 spiro atoms. The molecule has 2 rings (SSSR count). The first kappa shape index (κ1) is 15.0. The van der Waals surface area contributed by atoms with E-state index in [0.717, 1.165) is 0 Å². The molecule has 0 saturated heterocycles. The number of carboxylic acids is 1. The Labute approximate surface area is 127 Å². The molecule has 110 valence electrons. The van der Waals surface area contributed by atoms with Crippen LogP contribution in [0.5, 0.6) is 5.75 Å². The fourth-order valence-corrected chi connectivity index (χ4v) is 2.06. The minimum absolute atomic E-state index is 0.130. The van der Waals surface area contributed by atoms with E-state index in [1.165, 1.54) is 23.0 Å². The van der Waals surface area contributed by atoms with Crippen molar-refractivity contribution in [1.82, 2.24) is 9.78 Å². The first-order valence-corrected chi connectivity index (χ1v) is 6.60. The first-order chi connectivity index (χ1) is 9.97. The third-order valence-electron chi connectivity index (χ3n) is 2.54. The highest BCUT2D eigenvalue weighted by Gasteiger charge is 2.18. The Kier molecular flexibility index (Phi) is 4.53. The summed E-state index contributed by atoms with van der Waals surface area (Å²) >= 11 is 3.05. The Morgan fingerprint density at radius 3 is 2.90 bits per heavy atom. The van der Waals surface area contributed by atoms with E-state index in [1.54, 1.807) is 12.1 Å². The molecule has 21 heavy (non-hydrogen) atoms. The molecule has 0 atom stereocenters. The molecule has 0 aliphatic carbocycles. The van der Waals surface area contributed by atoms with Gasteiger partial charge in [-0.05, 0) is 39.1 Å². The molecule has 1 heterocycles. The lowest BCUT2D eigenvalue weighted by molar-refractivity contribution is -0.390. The van der Waals surface area contributed by atoms with Crippen molar-refractivity contribution in [2.75, 3.05) is 6.61 Å². The van der Waals surface area contributed by atoms with Crippen LogP contribution in [0.3, 0.4) is 0 Å². The Morgan fingerprint density at radius 2 is 2.29 bits per heavy atom. The third kappa shape index (κ3) is 3.78. The number of carbonyl (C=O) groups is 1. The number of aromatic carboxylic acids is 1. The Hall–Kier alpha value is -2.42. The lowest BCUT2D eigenvalue weighted by atomic mass is 10.2. The van der Waals surface area contributed by atoms with Gasteiger partial charge in [-0.25, -0.2) is 4.79 Å². The van der Waals surface area contributed by atoms with Gasteiger partial charge in [0.25, 0.3) is 0 Å². The van der Waals surface area contributed by atoms with Crippen LogP contribution in [0, 0.1) is 10.1 Å². The number of aromatic nitrogens is 2. The van der Waals surface area contributed by atoms with E-state index in [4.69, 9.17) is 9.84 Å². The zero-order valence-electron chi connectivity index (χ0n) is 10.6. The van der Waals surface area contributed by atoms with Crippen molar-refractivity contribution < 1.29 is 19.6 Å². The molecule has 1 aromatic carbocycles. The van der Waals surface area contributed by atoms with Crippen LogP contribution in [-0.4, -0.2) is 32.4 Å². The van der Waals surface area contributed by atoms with E-state index in [2.05, 4.69) is 21.0 Å². The van der Waals surface area contributed by atoms with E-state index in [1.807, 2.05) is 0 Å². The van der Waals surface area contributed by atoms with Crippen LogP contribution in [0.15, 0.2) is 34.9 Å². The monoisotopic (exact) mass is 355 g/mol. The highest BCUT2D eigenvalue weighted by molar-refractivity contribution is 9.10. The lowest BCUT2D eigenvalue weighted by Gasteiger charge is -2.05. The number of nitro groups is 1. The molecule has 0 aliphatic rings. The average Bonchev–Trinajstić information content (AvgIpc) is 2.80. The molecule has 0 saturated carbocycles. The van der Waals surface area contributed by atoms with Gasteiger partial charge in [0.1, 0.15) is 16.8 Å². The normalized spacial score (nSPS) is 10.3. The second kappa shape index (κ2) is 6.35. The Balaban J connectivity index is 1.95. The maximum Gasteiger partial charge on any atom is 0.404 e. The van der Waals surface area contributed by atoms with Crippen LogP contribution in [0.4, 0.5) is 5.82 Å². The summed E-state index contributed by atoms with van der Waals surface area (Å²) in [5.74, 6) is -0.884. The largest absolute Gasteiger partial charge is 0.492 e. The van der Waals surface area contributed by atoms with Crippen molar-refractivity contribution in [2.45, 2.75) is 6.54 Å². The molecule has 0 radical (unpaired) electrons. The van der Waals surface area contributed by atoms with Gasteiger partial charge in [0.05, 0.1) is 23.4 Å². The molecule has 0 aliphatic heterocycles. The molecule has 1 aromatic heterocycles. The maximum absolute atomic E-state index is 10.8. The molecule has 0 fully saturated rings. The SMILES string of the molecule is O=C(O)c1cccc(OCCn2cc(Br)c([N+](=O)[O-])n2)c1. The van der Waals surface area contributed by atoms with Gasteiger partial charge in [0.15, 0.2) is 0 Å². The van der Waals surface area contributed by atoms with Gasteiger partial charge < -0.3 is 20.0 Å². The highest BCUT2D eigenvalue weighted by atomic mass is 79.9. The summed E-state index contributed by atoms with van der Waals surface area (Å²) < 4.78 is 7.07. The topological polar surface area (TPSA) is 107 Å². The van der Waals surface area contributed by atoms with Crippen LogP contribution >= 0.6 is 15.9 Å². The van der Waals surface area contributed by atoms with Crippen molar-refractivity contribution in [3.63, 3.8) is 0 Å². The van der Waals surface area contributed by atoms with E-state index >= 15 is 0 Å². The molecule has 0 unspecified atom stereocenters. The van der Waals surface area contributed by atoms with Crippen molar-refractivity contribution in [3.05, 3.63) is 50.6 Å². The summed E-state index contributed by atoms with van der Waals surface area (Å²) in [5.41, 5.74) is 0.130. The van der Waals surface area contributed by atoms with Crippen molar-refractivity contribution in [2.24, 2.45) is 0 Å². The Morgan fingerprint density at radius 1 is 1.52 bits per heavy atom. The first-order valence-electron chi connectivity index (χ1n) is 5.81. The number of rotatable bonds is 6. The predicted octanol–water partition coefficient (Wildman–Crippen LogP) is 2.33. The van der Waals surface area contributed by atoms with Crippen LogP contribution in [0.2, 0.25) is 0 Å². The zero-order chi connectivity index (χ0) is 15.4. The van der Waals surface area contributed by atoms with E-state index < -0.39 is 10.9 Å². The molecular weight excluding hydrogens is 346 g/mol. The smallest absolute Gasteiger partial charge is 0.404 e. The van der Waals surface area contributed by atoms with E-state index in [-0.39, 0.29) is 18.0 Å². The number of benzene rings is 1. The summed E-state index contributed by atoms with van der Waals surface area (Å²) in [6.45, 7) is 0.498. The van der Waals surface area contributed by atoms with Gasteiger partial charge in [-0.15, -0.1) is 0 Å². The van der Waals surface area contributed by atoms with Crippen LogP contribution in [0.25, 0.3) is 0 Å². The molecule has 2 aromatic rings. The molecule has 0 amide bonds. The van der Waals surface area contributed by atoms with Crippen LogP contribution in [0.1, 0.15) is 10.4 Å². The van der Waals surface area contributed by atoms with Crippen molar-refractivity contribution in [1.29, 1.82) is 0 Å². The lowest BCUT2D eigenvalue weighted by Crippen LogP contribution is -2.09. The molecule has 8 nitrogen and oxygen atoms in total. The molecular formula is C12H10BrN3O5. The summed E-state index contributed by atoms with van der Waals surface area (Å²) in [7, 11) is 0. The number of hydrogen-bond acceptors (Lipinski definition) is 5. The molecule has 1 N–H and O–H groups in total. The van der Waals surface area contributed by atoms with Crippen LogP contribution < -0.4 is 4.74 Å². The minimum Gasteiger partial charge on any atom is -0.492 e. The maximum atomic E-state index is 10.8. The number of nitrogens with zero attached hydrogens (tertiary/aromatic N) is 3. The van der Waals surface area contributed by atoms with Gasteiger partial charge >= 0.3 is 11.8 Å². The van der Waals surface area contributed by atoms with E-state index in [0.29, 0.717) is 16.8 Å². The summed E-state index contributed by atoms with van der Waals surface area (Å²) in [5, 5.41) is 23.3. The Bertz CT molecular complexity index is 685. The minimum atomic E-state index is -1.04. The standard InChI is InChI=1S/C12H10BrN3O5/c13-10-7-15(14-11(10)16(19)20)4-5-21-9-3-1-2-8(6-9)12(17)18/h1-3,6-7H,4-5H2,(H,17,18). The van der Waals surface area contributed by atoms with Gasteiger partial charge in [0, 0.05) is 0 Å². The van der Waals surface area contributed by atoms with Gasteiger partial charge in [-0.2, -0.15) is 4.68 Å². The van der Waals surface area contributed by atoms with Gasteiger partial charge in [0.2, 0.25) is 0 Å². The number of ether oxygens (including phenoxy) is 1. The molecule has 0 bridgehead atoms. The van der Waals surface area contributed by atoms with Gasteiger partial charge in [-0.3, -0.25) is 0 Å². The number of carboxylic acid groups (broad SMARTS) is 1.